The fraction of sp³-hybridized carbons (Fsp3) is 0.294. The highest BCUT2D eigenvalue weighted by atomic mass is 16.3. The van der Waals surface area contributed by atoms with Gasteiger partial charge in [-0.25, -0.2) is 9.97 Å². The van der Waals surface area contributed by atoms with Gasteiger partial charge in [-0.1, -0.05) is 31.5 Å². The number of hydrogen-bond acceptors (Lipinski definition) is 4. The Morgan fingerprint density at radius 3 is 3.00 bits per heavy atom. The molecule has 2 aromatic heterocycles. The second-order valence-electron chi connectivity index (χ2n) is 5.42. The quantitative estimate of drug-likeness (QED) is 0.798. The van der Waals surface area contributed by atoms with Gasteiger partial charge >= 0.3 is 0 Å². The van der Waals surface area contributed by atoms with E-state index in [1.807, 2.05) is 18.2 Å². The van der Waals surface area contributed by atoms with Gasteiger partial charge in [0.05, 0.1) is 11.3 Å². The maximum absolute atomic E-state index is 5.63. The van der Waals surface area contributed by atoms with Crippen LogP contribution in [0.2, 0.25) is 0 Å². The molecule has 21 heavy (non-hydrogen) atoms. The number of rotatable bonds is 3. The number of para-hydroxylation sites is 1. The number of aromatic nitrogens is 2. The van der Waals surface area contributed by atoms with Crippen molar-refractivity contribution in [2.75, 3.05) is 0 Å². The van der Waals surface area contributed by atoms with Gasteiger partial charge in [-0.15, -0.1) is 0 Å². The minimum absolute atomic E-state index is 0.783. The Morgan fingerprint density at radius 1 is 1.19 bits per heavy atom. The first-order valence-electron chi connectivity index (χ1n) is 7.43. The maximum atomic E-state index is 5.63. The van der Waals surface area contributed by atoms with Gasteiger partial charge in [-0.05, 0) is 12.5 Å². The summed E-state index contributed by atoms with van der Waals surface area (Å²) in [6, 6.07) is 8.03. The van der Waals surface area contributed by atoms with Gasteiger partial charge in [0.15, 0.2) is 5.82 Å². The van der Waals surface area contributed by atoms with Gasteiger partial charge in [0, 0.05) is 29.7 Å². The predicted molar refractivity (Wildman–Crippen MR) is 81.8 cm³/mol. The van der Waals surface area contributed by atoms with Crippen molar-refractivity contribution >= 4 is 11.0 Å². The number of nitrogens with zero attached hydrogens (tertiary/aromatic N) is 2. The van der Waals surface area contributed by atoms with Crippen molar-refractivity contribution in [3.63, 3.8) is 0 Å². The highest BCUT2D eigenvalue weighted by molar-refractivity contribution is 5.91. The van der Waals surface area contributed by atoms with E-state index >= 15 is 0 Å². The van der Waals surface area contributed by atoms with E-state index in [1.54, 1.807) is 6.26 Å². The lowest BCUT2D eigenvalue weighted by atomic mass is 10.1. The van der Waals surface area contributed by atoms with Gasteiger partial charge in [0.25, 0.3) is 0 Å². The minimum Gasteiger partial charge on any atom is -0.464 e. The van der Waals surface area contributed by atoms with Crippen LogP contribution < -0.4 is 5.32 Å². The SMILES string of the molecule is CCCc1nc(-c2coc3ccccc23)nc2c1CNC2. The van der Waals surface area contributed by atoms with Crippen LogP contribution in [-0.2, 0) is 19.5 Å². The Bertz CT molecular complexity index is 807. The molecule has 1 N–H and O–H groups in total. The Kier molecular flexibility index (Phi) is 2.97. The highest BCUT2D eigenvalue weighted by Gasteiger charge is 2.20. The van der Waals surface area contributed by atoms with Crippen molar-refractivity contribution in [1.29, 1.82) is 0 Å². The molecule has 0 aliphatic carbocycles. The highest BCUT2D eigenvalue weighted by Crippen LogP contribution is 2.30. The molecule has 0 saturated carbocycles. The van der Waals surface area contributed by atoms with E-state index < -0.39 is 0 Å². The van der Waals surface area contributed by atoms with Crippen molar-refractivity contribution in [3.8, 4) is 11.4 Å². The molecule has 1 aliphatic heterocycles. The first-order valence-corrected chi connectivity index (χ1v) is 7.43. The van der Waals surface area contributed by atoms with Gasteiger partial charge in [0.1, 0.15) is 11.8 Å². The number of furan rings is 1. The van der Waals surface area contributed by atoms with Crippen LogP contribution >= 0.6 is 0 Å². The third-order valence-corrected chi connectivity index (χ3v) is 3.98. The molecular weight excluding hydrogens is 262 g/mol. The fourth-order valence-corrected chi connectivity index (χ4v) is 2.95. The first kappa shape index (κ1) is 12.5. The zero-order chi connectivity index (χ0) is 14.2. The van der Waals surface area contributed by atoms with E-state index in [0.29, 0.717) is 0 Å². The van der Waals surface area contributed by atoms with E-state index in [1.165, 1.54) is 11.3 Å². The molecule has 0 radical (unpaired) electrons. The number of hydrogen-bond donors (Lipinski definition) is 1. The molecule has 1 aliphatic rings. The molecule has 0 bridgehead atoms. The van der Waals surface area contributed by atoms with Crippen molar-refractivity contribution in [2.24, 2.45) is 0 Å². The average molecular weight is 279 g/mol. The van der Waals surface area contributed by atoms with E-state index in [2.05, 4.69) is 18.3 Å². The summed E-state index contributed by atoms with van der Waals surface area (Å²) in [6.45, 7) is 3.90. The van der Waals surface area contributed by atoms with Gasteiger partial charge in [-0.3, -0.25) is 0 Å². The van der Waals surface area contributed by atoms with Crippen LogP contribution in [0.5, 0.6) is 0 Å². The normalized spacial score (nSPS) is 13.8. The van der Waals surface area contributed by atoms with E-state index in [0.717, 1.165) is 54.0 Å². The van der Waals surface area contributed by atoms with Gasteiger partial charge in [0.2, 0.25) is 0 Å². The molecule has 0 unspecified atom stereocenters. The van der Waals surface area contributed by atoms with Crippen LogP contribution in [0, 0.1) is 0 Å². The van der Waals surface area contributed by atoms with E-state index in [-0.39, 0.29) is 0 Å². The number of fused-ring (bicyclic) bond motifs is 2. The van der Waals surface area contributed by atoms with Crippen LogP contribution in [0.3, 0.4) is 0 Å². The maximum Gasteiger partial charge on any atom is 0.163 e. The molecule has 4 nitrogen and oxygen atoms in total. The summed E-state index contributed by atoms with van der Waals surface area (Å²) in [7, 11) is 0. The van der Waals surface area contributed by atoms with Crippen molar-refractivity contribution in [3.05, 3.63) is 47.5 Å². The van der Waals surface area contributed by atoms with Crippen molar-refractivity contribution in [2.45, 2.75) is 32.9 Å². The molecule has 0 saturated heterocycles. The monoisotopic (exact) mass is 279 g/mol. The van der Waals surface area contributed by atoms with Crippen molar-refractivity contribution in [1.82, 2.24) is 15.3 Å². The molecule has 4 heteroatoms. The van der Waals surface area contributed by atoms with Gasteiger partial charge in [-0.2, -0.15) is 0 Å². The van der Waals surface area contributed by atoms with Crippen LogP contribution in [0.25, 0.3) is 22.4 Å². The zero-order valence-corrected chi connectivity index (χ0v) is 12.0. The summed E-state index contributed by atoms with van der Waals surface area (Å²) in [6.07, 6.45) is 3.86. The summed E-state index contributed by atoms with van der Waals surface area (Å²) in [4.78, 5) is 9.57. The Labute approximate surface area is 123 Å². The molecule has 1 aromatic carbocycles. The number of aryl methyl sites for hydroxylation is 1. The van der Waals surface area contributed by atoms with Crippen LogP contribution in [0.15, 0.2) is 34.9 Å². The summed E-state index contributed by atoms with van der Waals surface area (Å²) >= 11 is 0. The molecule has 106 valence electrons. The van der Waals surface area contributed by atoms with Crippen molar-refractivity contribution < 1.29 is 4.42 Å². The lowest BCUT2D eigenvalue weighted by Crippen LogP contribution is -2.03. The largest absolute Gasteiger partial charge is 0.464 e. The summed E-state index contributed by atoms with van der Waals surface area (Å²) in [5.41, 5.74) is 5.46. The topological polar surface area (TPSA) is 51.0 Å². The smallest absolute Gasteiger partial charge is 0.163 e. The third kappa shape index (κ3) is 2.03. The first-order chi connectivity index (χ1) is 10.4. The lowest BCUT2D eigenvalue weighted by molar-refractivity contribution is 0.616. The molecule has 0 atom stereocenters. The van der Waals surface area contributed by atoms with Crippen LogP contribution in [0.4, 0.5) is 0 Å². The second kappa shape index (κ2) is 4.97. The Balaban J connectivity index is 1.90. The molecule has 3 aromatic rings. The second-order valence-corrected chi connectivity index (χ2v) is 5.42. The van der Waals surface area contributed by atoms with Gasteiger partial charge < -0.3 is 9.73 Å². The molecule has 0 fully saturated rings. The van der Waals surface area contributed by atoms with E-state index in [4.69, 9.17) is 14.4 Å². The van der Waals surface area contributed by atoms with Crippen LogP contribution in [-0.4, -0.2) is 9.97 Å². The number of nitrogens with one attached hydrogen (secondary N) is 1. The predicted octanol–water partition coefficient (Wildman–Crippen LogP) is 3.45. The Morgan fingerprint density at radius 2 is 2.10 bits per heavy atom. The molecule has 0 amide bonds. The summed E-state index contributed by atoms with van der Waals surface area (Å²) in [5.74, 6) is 0.783. The standard InChI is InChI=1S/C17H17N3O/c1-2-5-14-12-8-18-9-15(12)20-17(19-14)13-10-21-16-7-4-3-6-11(13)16/h3-4,6-7,10,18H,2,5,8-9H2,1H3. The lowest BCUT2D eigenvalue weighted by Gasteiger charge is -2.08. The molecule has 3 heterocycles. The van der Waals surface area contributed by atoms with Crippen LogP contribution in [0.1, 0.15) is 30.3 Å². The molecule has 0 spiro atoms. The Hall–Kier alpha value is -2.20. The zero-order valence-electron chi connectivity index (χ0n) is 12.0. The fourth-order valence-electron chi connectivity index (χ4n) is 2.95. The molecular formula is C17H17N3O. The third-order valence-electron chi connectivity index (χ3n) is 3.98. The van der Waals surface area contributed by atoms with E-state index in [9.17, 15) is 0 Å². The average Bonchev–Trinajstić information content (AvgIpc) is 3.13. The summed E-state index contributed by atoms with van der Waals surface area (Å²) in [5, 5.41) is 4.45. The number of benzene rings is 1. The summed E-state index contributed by atoms with van der Waals surface area (Å²) < 4.78 is 5.63. The minimum atomic E-state index is 0.783. The molecule has 4 rings (SSSR count).